The molecule has 13 heavy (non-hydrogen) atoms. The zero-order valence-corrected chi connectivity index (χ0v) is 8.60. The van der Waals surface area contributed by atoms with Crippen LogP contribution in [0.5, 0.6) is 0 Å². The fraction of sp³-hybridized carbons (Fsp3) is 1.00. The third kappa shape index (κ3) is 5.27. The quantitative estimate of drug-likeness (QED) is 0.656. The van der Waals surface area contributed by atoms with E-state index < -0.39 is 0 Å². The van der Waals surface area contributed by atoms with E-state index in [4.69, 9.17) is 5.11 Å². The largest absolute Gasteiger partial charge is 0.395 e. The minimum atomic E-state index is 0.271. The first-order valence-electron chi connectivity index (χ1n) is 5.75. The van der Waals surface area contributed by atoms with Gasteiger partial charge in [0.05, 0.1) is 6.61 Å². The minimum Gasteiger partial charge on any atom is -0.395 e. The molecule has 0 aromatic rings. The van der Waals surface area contributed by atoms with Crippen LogP contribution in [0.2, 0.25) is 0 Å². The van der Waals surface area contributed by atoms with Crippen LogP contribution < -0.4 is 5.32 Å². The fourth-order valence-corrected chi connectivity index (χ4v) is 2.13. The molecule has 0 bridgehead atoms. The Kier molecular flexibility index (Phi) is 6.21. The highest BCUT2D eigenvalue weighted by molar-refractivity contribution is 4.65. The molecule has 0 amide bonds. The average molecular weight is 185 g/mol. The second-order valence-electron chi connectivity index (χ2n) is 4.14. The number of aliphatic hydroxyl groups is 1. The highest BCUT2D eigenvalue weighted by Gasteiger charge is 2.10. The Labute approximate surface area is 81.7 Å². The molecule has 0 saturated heterocycles. The van der Waals surface area contributed by atoms with Crippen molar-refractivity contribution in [2.24, 2.45) is 5.92 Å². The van der Waals surface area contributed by atoms with Crippen molar-refractivity contribution in [3.05, 3.63) is 0 Å². The first-order chi connectivity index (χ1) is 6.43. The number of aliphatic hydroxyl groups excluding tert-OH is 1. The van der Waals surface area contributed by atoms with E-state index in [0.29, 0.717) is 0 Å². The van der Waals surface area contributed by atoms with Crippen molar-refractivity contribution in [2.45, 2.75) is 44.9 Å². The van der Waals surface area contributed by atoms with Crippen LogP contribution in [0.25, 0.3) is 0 Å². The van der Waals surface area contributed by atoms with Crippen molar-refractivity contribution in [1.82, 2.24) is 5.32 Å². The Morgan fingerprint density at radius 3 is 2.23 bits per heavy atom. The fourth-order valence-electron chi connectivity index (χ4n) is 2.13. The summed E-state index contributed by atoms with van der Waals surface area (Å²) in [7, 11) is 0. The Bertz CT molecular complexity index is 109. The summed E-state index contributed by atoms with van der Waals surface area (Å²) >= 11 is 0. The second kappa shape index (κ2) is 7.34. The van der Waals surface area contributed by atoms with Gasteiger partial charge in [0.25, 0.3) is 0 Å². The number of hydrogen-bond donors (Lipinski definition) is 2. The summed E-state index contributed by atoms with van der Waals surface area (Å²) in [5.74, 6) is 0.867. The van der Waals surface area contributed by atoms with Crippen molar-refractivity contribution in [1.29, 1.82) is 0 Å². The monoisotopic (exact) mass is 185 g/mol. The van der Waals surface area contributed by atoms with Crippen LogP contribution in [0.3, 0.4) is 0 Å². The smallest absolute Gasteiger partial charge is 0.0555 e. The zero-order chi connectivity index (χ0) is 9.36. The Morgan fingerprint density at radius 1 is 1.00 bits per heavy atom. The molecule has 0 radical (unpaired) electrons. The molecule has 2 N–H and O–H groups in total. The van der Waals surface area contributed by atoms with E-state index in [-0.39, 0.29) is 6.61 Å². The van der Waals surface area contributed by atoms with Crippen molar-refractivity contribution in [2.75, 3.05) is 19.7 Å². The lowest BCUT2D eigenvalue weighted by Gasteiger charge is -2.19. The van der Waals surface area contributed by atoms with E-state index in [1.54, 1.807) is 0 Å². The molecule has 0 atom stereocenters. The molecule has 1 aliphatic carbocycles. The maximum absolute atomic E-state index is 8.63. The van der Waals surface area contributed by atoms with Crippen molar-refractivity contribution >= 4 is 0 Å². The predicted octanol–water partition coefficient (Wildman–Crippen LogP) is 1.93. The first-order valence-corrected chi connectivity index (χ1v) is 5.75. The van der Waals surface area contributed by atoms with Gasteiger partial charge >= 0.3 is 0 Å². The SMILES string of the molecule is OCCNCC1CCCCCCC1. The van der Waals surface area contributed by atoms with E-state index >= 15 is 0 Å². The minimum absolute atomic E-state index is 0.271. The molecule has 2 heteroatoms. The summed E-state index contributed by atoms with van der Waals surface area (Å²) in [5.41, 5.74) is 0. The van der Waals surface area contributed by atoms with Gasteiger partial charge in [0.2, 0.25) is 0 Å². The van der Waals surface area contributed by atoms with Crippen molar-refractivity contribution in [3.63, 3.8) is 0 Å². The van der Waals surface area contributed by atoms with E-state index in [1.807, 2.05) is 0 Å². The molecular weight excluding hydrogens is 162 g/mol. The van der Waals surface area contributed by atoms with Gasteiger partial charge in [-0.05, 0) is 25.3 Å². The van der Waals surface area contributed by atoms with Gasteiger partial charge in [-0.15, -0.1) is 0 Å². The highest BCUT2D eigenvalue weighted by atomic mass is 16.3. The van der Waals surface area contributed by atoms with E-state index in [9.17, 15) is 0 Å². The third-order valence-electron chi connectivity index (χ3n) is 2.95. The molecule has 0 heterocycles. The first kappa shape index (κ1) is 11.0. The van der Waals surface area contributed by atoms with Gasteiger partial charge in [0.1, 0.15) is 0 Å². The number of hydrogen-bond acceptors (Lipinski definition) is 2. The van der Waals surface area contributed by atoms with Crippen LogP contribution >= 0.6 is 0 Å². The van der Waals surface area contributed by atoms with Gasteiger partial charge in [-0.25, -0.2) is 0 Å². The van der Waals surface area contributed by atoms with Crippen LogP contribution in [-0.2, 0) is 0 Å². The lowest BCUT2D eigenvalue weighted by Crippen LogP contribution is -2.26. The molecule has 1 aliphatic rings. The molecule has 0 aromatic carbocycles. The Balaban J connectivity index is 2.06. The summed E-state index contributed by atoms with van der Waals surface area (Å²) in [6.07, 6.45) is 9.89. The highest BCUT2D eigenvalue weighted by Crippen LogP contribution is 2.21. The molecule has 0 aliphatic heterocycles. The molecule has 1 rings (SSSR count). The summed E-state index contributed by atoms with van der Waals surface area (Å²) in [6.45, 7) is 2.14. The summed E-state index contributed by atoms with van der Waals surface area (Å²) in [6, 6.07) is 0. The molecule has 0 unspecified atom stereocenters. The normalized spacial score (nSPS) is 21.0. The van der Waals surface area contributed by atoms with Gasteiger partial charge in [0, 0.05) is 6.54 Å². The molecular formula is C11H23NO. The molecule has 0 spiro atoms. The van der Waals surface area contributed by atoms with Crippen molar-refractivity contribution in [3.8, 4) is 0 Å². The molecule has 0 aromatic heterocycles. The number of rotatable bonds is 4. The maximum atomic E-state index is 8.63. The Morgan fingerprint density at radius 2 is 1.62 bits per heavy atom. The predicted molar refractivity (Wildman–Crippen MR) is 55.8 cm³/mol. The van der Waals surface area contributed by atoms with Gasteiger partial charge < -0.3 is 10.4 Å². The third-order valence-corrected chi connectivity index (χ3v) is 2.95. The van der Waals surface area contributed by atoms with E-state index in [1.165, 1.54) is 44.9 Å². The van der Waals surface area contributed by atoms with Crippen LogP contribution in [-0.4, -0.2) is 24.8 Å². The van der Waals surface area contributed by atoms with Crippen LogP contribution in [0.15, 0.2) is 0 Å². The van der Waals surface area contributed by atoms with Crippen LogP contribution in [0.4, 0.5) is 0 Å². The van der Waals surface area contributed by atoms with Crippen LogP contribution in [0, 0.1) is 5.92 Å². The molecule has 1 fully saturated rings. The lowest BCUT2D eigenvalue weighted by atomic mass is 9.91. The average Bonchev–Trinajstić information content (AvgIpc) is 2.08. The van der Waals surface area contributed by atoms with Gasteiger partial charge in [-0.2, -0.15) is 0 Å². The van der Waals surface area contributed by atoms with Gasteiger partial charge in [-0.1, -0.05) is 32.1 Å². The molecule has 2 nitrogen and oxygen atoms in total. The Hall–Kier alpha value is -0.0800. The summed E-state index contributed by atoms with van der Waals surface area (Å²) < 4.78 is 0. The topological polar surface area (TPSA) is 32.3 Å². The zero-order valence-electron chi connectivity index (χ0n) is 8.60. The second-order valence-corrected chi connectivity index (χ2v) is 4.14. The molecule has 78 valence electrons. The van der Waals surface area contributed by atoms with Gasteiger partial charge in [0.15, 0.2) is 0 Å². The van der Waals surface area contributed by atoms with Crippen LogP contribution in [0.1, 0.15) is 44.9 Å². The lowest BCUT2D eigenvalue weighted by molar-refractivity contribution is 0.281. The summed E-state index contributed by atoms with van der Waals surface area (Å²) in [4.78, 5) is 0. The summed E-state index contributed by atoms with van der Waals surface area (Å²) in [5, 5.41) is 11.9. The van der Waals surface area contributed by atoms with E-state index in [0.717, 1.165) is 19.0 Å². The standard InChI is InChI=1S/C11H23NO/c13-9-8-12-10-11-6-4-2-1-3-5-7-11/h11-13H,1-10H2. The van der Waals surface area contributed by atoms with Crippen molar-refractivity contribution < 1.29 is 5.11 Å². The molecule has 1 saturated carbocycles. The number of nitrogens with one attached hydrogen (secondary N) is 1. The van der Waals surface area contributed by atoms with Gasteiger partial charge in [-0.3, -0.25) is 0 Å². The maximum Gasteiger partial charge on any atom is 0.0555 e. The van der Waals surface area contributed by atoms with E-state index in [2.05, 4.69) is 5.32 Å².